The van der Waals surface area contributed by atoms with Crippen molar-refractivity contribution in [2.75, 3.05) is 19.8 Å². The summed E-state index contributed by atoms with van der Waals surface area (Å²) in [6.07, 6.45) is 3.52. The molecule has 0 saturated carbocycles. The van der Waals surface area contributed by atoms with Gasteiger partial charge >= 0.3 is 0 Å². The lowest BCUT2D eigenvalue weighted by Crippen LogP contribution is -2.44. The van der Waals surface area contributed by atoms with Crippen LogP contribution < -0.4 is 0 Å². The fraction of sp³-hybridized carbons (Fsp3) is 0.625. The second kappa shape index (κ2) is 4.13. The molecule has 0 radical (unpaired) electrons. The van der Waals surface area contributed by atoms with Gasteiger partial charge in [-0.15, -0.1) is 6.58 Å². The molecular weight excluding hydrogens is 142 g/mol. The van der Waals surface area contributed by atoms with Crippen LogP contribution in [0.5, 0.6) is 0 Å². The van der Waals surface area contributed by atoms with Gasteiger partial charge in [0.05, 0.1) is 19.3 Å². The molecule has 0 spiro atoms. The molecule has 0 N–H and O–H groups in total. The van der Waals surface area contributed by atoms with E-state index >= 15 is 0 Å². The molecule has 1 aliphatic rings. The van der Waals surface area contributed by atoms with Gasteiger partial charge in [-0.2, -0.15) is 0 Å². The Labute approximate surface area is 66.6 Å². The zero-order valence-electron chi connectivity index (χ0n) is 6.53. The van der Waals surface area contributed by atoms with Crippen molar-refractivity contribution in [3.8, 4) is 0 Å². The molecule has 1 saturated heterocycles. The Bertz CT molecular complexity index is 147. The van der Waals surface area contributed by atoms with Crippen LogP contribution in [0.25, 0.3) is 0 Å². The van der Waals surface area contributed by atoms with Gasteiger partial charge < -0.3 is 9.64 Å². The van der Waals surface area contributed by atoms with Gasteiger partial charge in [0.25, 0.3) is 0 Å². The van der Waals surface area contributed by atoms with Crippen molar-refractivity contribution >= 4 is 6.41 Å². The van der Waals surface area contributed by atoms with Crippen LogP contribution in [0.2, 0.25) is 0 Å². The van der Waals surface area contributed by atoms with Gasteiger partial charge in [0.1, 0.15) is 0 Å². The first kappa shape index (κ1) is 8.27. The lowest BCUT2D eigenvalue weighted by Gasteiger charge is -2.31. The molecule has 0 aromatic heterocycles. The molecule has 1 unspecified atom stereocenters. The Morgan fingerprint density at radius 1 is 1.73 bits per heavy atom. The first-order valence-electron chi connectivity index (χ1n) is 3.78. The van der Waals surface area contributed by atoms with Crippen LogP contribution in [0.3, 0.4) is 0 Å². The number of carbonyl (C=O) groups is 1. The molecule has 1 atom stereocenters. The number of nitrogens with zero attached hydrogens (tertiary/aromatic N) is 1. The summed E-state index contributed by atoms with van der Waals surface area (Å²) in [7, 11) is 0. The van der Waals surface area contributed by atoms with Crippen molar-refractivity contribution in [3.05, 3.63) is 12.7 Å². The van der Waals surface area contributed by atoms with Crippen LogP contribution in [-0.2, 0) is 9.53 Å². The minimum atomic E-state index is 0.207. The van der Waals surface area contributed by atoms with Crippen LogP contribution >= 0.6 is 0 Å². The highest BCUT2D eigenvalue weighted by atomic mass is 16.5. The second-order valence-corrected chi connectivity index (χ2v) is 2.60. The van der Waals surface area contributed by atoms with Gasteiger partial charge in [-0.3, -0.25) is 4.79 Å². The number of ether oxygens (including phenoxy) is 1. The zero-order chi connectivity index (χ0) is 8.10. The summed E-state index contributed by atoms with van der Waals surface area (Å²) < 4.78 is 5.22. The van der Waals surface area contributed by atoms with Crippen LogP contribution in [0.1, 0.15) is 6.42 Å². The molecule has 1 amide bonds. The number of rotatable bonds is 3. The van der Waals surface area contributed by atoms with E-state index in [0.29, 0.717) is 19.8 Å². The Morgan fingerprint density at radius 2 is 2.55 bits per heavy atom. The predicted molar refractivity (Wildman–Crippen MR) is 42.2 cm³/mol. The standard InChI is InChI=1S/C8H13NO2/c1-2-3-8-6-11-5-4-9(8)7-10/h2,7-8H,1,3-6H2. The van der Waals surface area contributed by atoms with E-state index in [0.717, 1.165) is 12.8 Å². The average molecular weight is 155 g/mol. The largest absolute Gasteiger partial charge is 0.377 e. The van der Waals surface area contributed by atoms with E-state index in [4.69, 9.17) is 4.74 Å². The minimum absolute atomic E-state index is 0.207. The van der Waals surface area contributed by atoms with E-state index in [9.17, 15) is 4.79 Å². The second-order valence-electron chi connectivity index (χ2n) is 2.60. The maximum Gasteiger partial charge on any atom is 0.210 e. The quantitative estimate of drug-likeness (QED) is 0.436. The highest BCUT2D eigenvalue weighted by Crippen LogP contribution is 2.07. The summed E-state index contributed by atoms with van der Waals surface area (Å²) in [6, 6.07) is 0.207. The van der Waals surface area contributed by atoms with Crippen molar-refractivity contribution in [1.29, 1.82) is 0 Å². The number of amides is 1. The smallest absolute Gasteiger partial charge is 0.210 e. The van der Waals surface area contributed by atoms with Crippen LogP contribution in [0, 0.1) is 0 Å². The summed E-state index contributed by atoms with van der Waals surface area (Å²) in [5, 5.41) is 0. The highest BCUT2D eigenvalue weighted by Gasteiger charge is 2.19. The Hall–Kier alpha value is -0.830. The summed E-state index contributed by atoms with van der Waals surface area (Å²) in [6.45, 7) is 5.64. The summed E-state index contributed by atoms with van der Waals surface area (Å²) >= 11 is 0. The van der Waals surface area contributed by atoms with Crippen molar-refractivity contribution in [2.45, 2.75) is 12.5 Å². The molecule has 3 nitrogen and oxygen atoms in total. The van der Waals surface area contributed by atoms with Gasteiger partial charge in [-0.25, -0.2) is 0 Å². The van der Waals surface area contributed by atoms with E-state index in [2.05, 4.69) is 6.58 Å². The number of carbonyl (C=O) groups excluding carboxylic acids is 1. The van der Waals surface area contributed by atoms with E-state index in [1.165, 1.54) is 0 Å². The third kappa shape index (κ3) is 2.05. The molecule has 1 heterocycles. The predicted octanol–water partition coefficient (Wildman–Crippen LogP) is 0.420. The topological polar surface area (TPSA) is 29.5 Å². The molecule has 11 heavy (non-hydrogen) atoms. The molecule has 0 aromatic carbocycles. The van der Waals surface area contributed by atoms with Gasteiger partial charge in [0, 0.05) is 6.54 Å². The van der Waals surface area contributed by atoms with Gasteiger partial charge in [0.15, 0.2) is 0 Å². The molecule has 1 aliphatic heterocycles. The molecule has 1 fully saturated rings. The SMILES string of the molecule is C=CCC1COCCN1C=O. The summed E-state index contributed by atoms with van der Waals surface area (Å²) in [4.78, 5) is 12.3. The third-order valence-electron chi connectivity index (χ3n) is 1.85. The first-order chi connectivity index (χ1) is 5.38. The fourth-order valence-electron chi connectivity index (χ4n) is 1.20. The van der Waals surface area contributed by atoms with E-state index in [1.54, 1.807) is 4.90 Å². The average Bonchev–Trinajstić information content (AvgIpc) is 2.06. The van der Waals surface area contributed by atoms with Crippen LogP contribution in [0.15, 0.2) is 12.7 Å². The van der Waals surface area contributed by atoms with Gasteiger partial charge in [-0.05, 0) is 6.42 Å². The third-order valence-corrected chi connectivity index (χ3v) is 1.85. The molecule has 0 bridgehead atoms. The summed E-state index contributed by atoms with van der Waals surface area (Å²) in [5.74, 6) is 0. The molecule has 0 aromatic rings. The zero-order valence-corrected chi connectivity index (χ0v) is 6.53. The Morgan fingerprint density at radius 3 is 3.18 bits per heavy atom. The number of hydrogen-bond acceptors (Lipinski definition) is 2. The van der Waals surface area contributed by atoms with Gasteiger partial charge in [-0.1, -0.05) is 6.08 Å². The number of hydrogen-bond donors (Lipinski definition) is 0. The van der Waals surface area contributed by atoms with Gasteiger partial charge in [0.2, 0.25) is 6.41 Å². The normalized spacial score (nSPS) is 24.7. The molecular formula is C8H13NO2. The van der Waals surface area contributed by atoms with E-state index in [-0.39, 0.29) is 6.04 Å². The monoisotopic (exact) mass is 155 g/mol. The Kier molecular flexibility index (Phi) is 3.11. The first-order valence-corrected chi connectivity index (χ1v) is 3.78. The van der Waals surface area contributed by atoms with Crippen molar-refractivity contribution < 1.29 is 9.53 Å². The van der Waals surface area contributed by atoms with Crippen molar-refractivity contribution in [2.24, 2.45) is 0 Å². The summed E-state index contributed by atoms with van der Waals surface area (Å²) in [5.41, 5.74) is 0. The van der Waals surface area contributed by atoms with Crippen LogP contribution in [0.4, 0.5) is 0 Å². The van der Waals surface area contributed by atoms with E-state index < -0.39 is 0 Å². The maximum atomic E-state index is 10.5. The number of morpholine rings is 1. The lowest BCUT2D eigenvalue weighted by atomic mass is 10.2. The molecule has 0 aliphatic carbocycles. The Balaban J connectivity index is 2.43. The van der Waals surface area contributed by atoms with Crippen LogP contribution in [-0.4, -0.2) is 37.1 Å². The maximum absolute atomic E-state index is 10.5. The highest BCUT2D eigenvalue weighted by molar-refractivity contribution is 5.48. The van der Waals surface area contributed by atoms with Crippen molar-refractivity contribution in [3.63, 3.8) is 0 Å². The molecule has 3 heteroatoms. The fourth-order valence-corrected chi connectivity index (χ4v) is 1.20. The lowest BCUT2D eigenvalue weighted by molar-refractivity contribution is -0.126. The molecule has 62 valence electrons. The van der Waals surface area contributed by atoms with Crippen molar-refractivity contribution in [1.82, 2.24) is 4.90 Å². The minimum Gasteiger partial charge on any atom is -0.377 e. The van der Waals surface area contributed by atoms with E-state index in [1.807, 2.05) is 6.08 Å². The molecule has 1 rings (SSSR count).